The van der Waals surface area contributed by atoms with E-state index in [0.29, 0.717) is 6.54 Å². The van der Waals surface area contributed by atoms with Crippen molar-refractivity contribution in [3.05, 3.63) is 0 Å². The lowest BCUT2D eigenvalue weighted by molar-refractivity contribution is 0.0490. The van der Waals surface area contributed by atoms with Gasteiger partial charge in [-0.1, -0.05) is 0 Å². The highest BCUT2D eigenvalue weighted by molar-refractivity contribution is 7.89. The van der Waals surface area contributed by atoms with E-state index in [1.165, 1.54) is 0 Å². The van der Waals surface area contributed by atoms with Crippen molar-refractivity contribution in [1.82, 2.24) is 10.6 Å². The molecule has 0 aromatic rings. The molecule has 124 valence electrons. The average molecular weight is 321 g/mol. The van der Waals surface area contributed by atoms with Gasteiger partial charge in [-0.15, -0.1) is 0 Å². The zero-order valence-corrected chi connectivity index (χ0v) is 13.8. The Balaban J connectivity index is 2.22. The fraction of sp³-hybridized carbons (Fsp3) is 0.923. The third-order valence-corrected chi connectivity index (χ3v) is 4.04. The molecule has 0 radical (unpaired) electrons. The van der Waals surface area contributed by atoms with Crippen molar-refractivity contribution in [2.24, 2.45) is 5.14 Å². The van der Waals surface area contributed by atoms with Crippen LogP contribution >= 0.6 is 0 Å². The minimum absolute atomic E-state index is 0.0525. The predicted molar refractivity (Wildman–Crippen MR) is 81.4 cm³/mol. The molecule has 1 aliphatic carbocycles. The van der Waals surface area contributed by atoms with Gasteiger partial charge in [-0.3, -0.25) is 0 Å². The molecule has 0 heterocycles. The molecule has 1 aliphatic rings. The number of carbonyl (C=O) groups excluding carboxylic acids is 1. The van der Waals surface area contributed by atoms with Crippen molar-refractivity contribution < 1.29 is 17.9 Å². The molecule has 4 N–H and O–H groups in total. The number of hydrogen-bond acceptors (Lipinski definition) is 5. The van der Waals surface area contributed by atoms with Crippen LogP contribution in [0.25, 0.3) is 0 Å². The van der Waals surface area contributed by atoms with Crippen LogP contribution in [-0.4, -0.2) is 44.5 Å². The maximum atomic E-state index is 11.7. The molecule has 0 atom stereocenters. The maximum Gasteiger partial charge on any atom is 0.407 e. The second kappa shape index (κ2) is 7.42. The average Bonchev–Trinajstić information content (AvgIpc) is 2.27. The number of sulfonamides is 1. The first-order chi connectivity index (χ1) is 9.55. The van der Waals surface area contributed by atoms with Crippen LogP contribution in [0.3, 0.4) is 0 Å². The van der Waals surface area contributed by atoms with Gasteiger partial charge < -0.3 is 15.4 Å². The molecule has 7 nitrogen and oxygen atoms in total. The smallest absolute Gasteiger partial charge is 0.407 e. The zero-order valence-electron chi connectivity index (χ0n) is 13.0. The van der Waals surface area contributed by atoms with Gasteiger partial charge in [0.25, 0.3) is 0 Å². The van der Waals surface area contributed by atoms with E-state index in [9.17, 15) is 13.2 Å². The lowest BCUT2D eigenvalue weighted by atomic mass is 9.91. The summed E-state index contributed by atoms with van der Waals surface area (Å²) in [4.78, 5) is 11.7. The van der Waals surface area contributed by atoms with Crippen LogP contribution in [0, 0.1) is 0 Å². The van der Waals surface area contributed by atoms with Crippen molar-refractivity contribution in [2.75, 3.05) is 12.3 Å². The maximum absolute atomic E-state index is 11.7. The van der Waals surface area contributed by atoms with E-state index < -0.39 is 15.6 Å². The van der Waals surface area contributed by atoms with Gasteiger partial charge in [-0.05, 0) is 46.5 Å². The Morgan fingerprint density at radius 2 is 1.71 bits per heavy atom. The molecular weight excluding hydrogens is 294 g/mol. The Morgan fingerprint density at radius 1 is 1.19 bits per heavy atom. The number of alkyl carbamates (subject to hydrolysis) is 1. The first-order valence-corrected chi connectivity index (χ1v) is 9.00. The van der Waals surface area contributed by atoms with E-state index in [1.807, 2.05) is 20.8 Å². The highest BCUT2D eigenvalue weighted by Gasteiger charge is 2.24. The second-order valence-corrected chi connectivity index (χ2v) is 8.25. The number of hydrogen-bond donors (Lipinski definition) is 3. The Bertz CT molecular complexity index is 437. The molecule has 1 saturated carbocycles. The van der Waals surface area contributed by atoms with E-state index >= 15 is 0 Å². The van der Waals surface area contributed by atoms with E-state index in [4.69, 9.17) is 9.88 Å². The first kappa shape index (κ1) is 18.2. The molecule has 1 rings (SSSR count). The zero-order chi connectivity index (χ0) is 16.1. The highest BCUT2D eigenvalue weighted by atomic mass is 32.2. The summed E-state index contributed by atoms with van der Waals surface area (Å²) in [6, 6.07) is 0.402. The van der Waals surface area contributed by atoms with Crippen molar-refractivity contribution in [3.8, 4) is 0 Å². The summed E-state index contributed by atoms with van der Waals surface area (Å²) in [7, 11) is -3.41. The molecule has 0 spiro atoms. The van der Waals surface area contributed by atoms with Crippen LogP contribution < -0.4 is 15.8 Å². The summed E-state index contributed by atoms with van der Waals surface area (Å²) in [5, 5.41) is 11.0. The molecule has 1 fully saturated rings. The summed E-state index contributed by atoms with van der Waals surface area (Å²) >= 11 is 0. The van der Waals surface area contributed by atoms with E-state index in [1.54, 1.807) is 0 Å². The van der Waals surface area contributed by atoms with Crippen LogP contribution in [0.5, 0.6) is 0 Å². The second-order valence-electron chi connectivity index (χ2n) is 6.52. The van der Waals surface area contributed by atoms with Crippen LogP contribution in [0.2, 0.25) is 0 Å². The van der Waals surface area contributed by atoms with Gasteiger partial charge in [0.1, 0.15) is 5.60 Å². The van der Waals surface area contributed by atoms with Crippen molar-refractivity contribution in [3.63, 3.8) is 0 Å². The van der Waals surface area contributed by atoms with Gasteiger partial charge in [0.15, 0.2) is 0 Å². The quantitative estimate of drug-likeness (QED) is 0.690. The van der Waals surface area contributed by atoms with Crippen LogP contribution in [0.15, 0.2) is 0 Å². The summed E-state index contributed by atoms with van der Waals surface area (Å²) in [6.45, 7) is 5.87. The monoisotopic (exact) mass is 321 g/mol. The van der Waals surface area contributed by atoms with E-state index in [-0.39, 0.29) is 23.9 Å². The van der Waals surface area contributed by atoms with E-state index in [2.05, 4.69) is 10.6 Å². The molecule has 0 aliphatic heterocycles. The normalized spacial score (nSPS) is 23.6. The van der Waals surface area contributed by atoms with Crippen molar-refractivity contribution >= 4 is 16.1 Å². The largest absolute Gasteiger partial charge is 0.444 e. The molecule has 8 heteroatoms. The Labute approximate surface area is 127 Å². The molecule has 0 saturated heterocycles. The molecule has 0 aromatic carbocycles. The number of nitrogens with one attached hydrogen (secondary N) is 2. The number of carbonyl (C=O) groups is 1. The van der Waals surface area contributed by atoms with Gasteiger partial charge in [0.05, 0.1) is 5.75 Å². The van der Waals surface area contributed by atoms with E-state index in [0.717, 1.165) is 25.7 Å². The Hall–Kier alpha value is -0.860. The lowest BCUT2D eigenvalue weighted by Gasteiger charge is -2.30. The van der Waals surface area contributed by atoms with Gasteiger partial charge in [-0.25, -0.2) is 18.4 Å². The summed E-state index contributed by atoms with van der Waals surface area (Å²) in [6.07, 6.45) is 3.11. The lowest BCUT2D eigenvalue weighted by Crippen LogP contribution is -2.44. The topological polar surface area (TPSA) is 111 Å². The molecule has 0 unspecified atom stereocenters. The summed E-state index contributed by atoms with van der Waals surface area (Å²) < 4.78 is 26.9. The molecule has 0 bridgehead atoms. The Morgan fingerprint density at radius 3 is 2.19 bits per heavy atom. The van der Waals surface area contributed by atoms with Gasteiger partial charge in [-0.2, -0.15) is 0 Å². The molecule has 1 amide bonds. The van der Waals surface area contributed by atoms with Crippen molar-refractivity contribution in [1.29, 1.82) is 0 Å². The van der Waals surface area contributed by atoms with Crippen LogP contribution in [-0.2, 0) is 14.8 Å². The molecule has 0 aromatic heterocycles. The summed E-state index contributed by atoms with van der Waals surface area (Å²) in [5.74, 6) is -0.0525. The minimum atomic E-state index is -3.41. The fourth-order valence-electron chi connectivity index (χ4n) is 2.32. The summed E-state index contributed by atoms with van der Waals surface area (Å²) in [5.41, 5.74) is -0.490. The molecule has 21 heavy (non-hydrogen) atoms. The SMILES string of the molecule is CC(C)(C)OC(=O)NC1CCC(NCCS(N)(=O)=O)CC1. The minimum Gasteiger partial charge on any atom is -0.444 e. The third-order valence-electron chi connectivity index (χ3n) is 3.27. The predicted octanol–water partition coefficient (Wildman–Crippen LogP) is 0.700. The Kier molecular flexibility index (Phi) is 6.42. The van der Waals surface area contributed by atoms with Crippen LogP contribution in [0.1, 0.15) is 46.5 Å². The third kappa shape index (κ3) is 8.90. The van der Waals surface area contributed by atoms with Gasteiger partial charge >= 0.3 is 6.09 Å². The number of amides is 1. The number of primary sulfonamides is 1. The fourth-order valence-corrected chi connectivity index (χ4v) is 2.72. The number of nitrogens with two attached hydrogens (primary N) is 1. The van der Waals surface area contributed by atoms with Crippen molar-refractivity contribution in [2.45, 2.75) is 64.1 Å². The van der Waals surface area contributed by atoms with Crippen LogP contribution in [0.4, 0.5) is 4.79 Å². The number of ether oxygens (including phenoxy) is 1. The molecular formula is C13H27N3O4S. The van der Waals surface area contributed by atoms with Gasteiger partial charge in [0, 0.05) is 18.6 Å². The van der Waals surface area contributed by atoms with Gasteiger partial charge in [0.2, 0.25) is 10.0 Å². The number of rotatable bonds is 5. The first-order valence-electron chi connectivity index (χ1n) is 7.28. The standard InChI is InChI=1S/C13H27N3O4S/c1-13(2,3)20-12(17)16-11-6-4-10(5-7-11)15-8-9-21(14,18)19/h10-11,15H,4-9H2,1-3H3,(H,16,17)(H2,14,18,19). The highest BCUT2D eigenvalue weighted by Crippen LogP contribution is 2.19.